The maximum Gasteiger partial charge on any atom is 0.295 e. The number of carbonyl (C=O) groups excluding carboxylic acids is 1. The van der Waals surface area contributed by atoms with E-state index in [0.717, 1.165) is 22.9 Å². The number of hydrogen-bond donors (Lipinski definition) is 1. The molecule has 4 nitrogen and oxygen atoms in total. The summed E-state index contributed by atoms with van der Waals surface area (Å²) in [6.45, 7) is 0.520. The standard InChI is InChI=1S/C19H16BrF2N3O/c20-13-3-1-2-11(8-13)10-25(14-5-6-14)19(26)12-4-7-15-16(9-12)24-18(23-15)17(21)22/h1-4,7-9,14,17H,5-6,10H2,(H,23,24). The van der Waals surface area contributed by atoms with E-state index in [1.54, 1.807) is 18.2 Å². The monoisotopic (exact) mass is 419 g/mol. The summed E-state index contributed by atoms with van der Waals surface area (Å²) in [7, 11) is 0. The van der Waals surface area contributed by atoms with E-state index in [-0.39, 0.29) is 17.8 Å². The predicted octanol–water partition coefficient (Wildman–Crippen LogP) is 5.07. The molecular formula is C19H16BrF2N3O. The van der Waals surface area contributed by atoms with Crippen molar-refractivity contribution in [3.63, 3.8) is 0 Å². The van der Waals surface area contributed by atoms with E-state index in [1.807, 2.05) is 29.2 Å². The highest BCUT2D eigenvalue weighted by Gasteiger charge is 2.33. The van der Waals surface area contributed by atoms with Crippen LogP contribution in [0, 0.1) is 0 Å². The molecule has 1 aliphatic carbocycles. The van der Waals surface area contributed by atoms with Crippen LogP contribution in [0.3, 0.4) is 0 Å². The zero-order chi connectivity index (χ0) is 18.3. The summed E-state index contributed by atoms with van der Waals surface area (Å²) in [4.78, 5) is 21.3. The van der Waals surface area contributed by atoms with Crippen molar-refractivity contribution in [2.75, 3.05) is 0 Å². The van der Waals surface area contributed by atoms with Crippen molar-refractivity contribution >= 4 is 32.9 Å². The summed E-state index contributed by atoms with van der Waals surface area (Å²) in [6.07, 6.45) is -0.690. The Morgan fingerprint density at radius 3 is 2.77 bits per heavy atom. The van der Waals surface area contributed by atoms with Crippen LogP contribution in [-0.4, -0.2) is 26.8 Å². The zero-order valence-corrected chi connectivity index (χ0v) is 15.3. The SMILES string of the molecule is O=C(c1ccc2nc(C(F)F)[nH]c2c1)N(Cc1cccc(Br)c1)C1CC1. The molecule has 134 valence electrons. The van der Waals surface area contributed by atoms with Gasteiger partial charge in [-0.05, 0) is 48.7 Å². The molecule has 7 heteroatoms. The number of nitrogens with one attached hydrogen (secondary N) is 1. The molecule has 1 amide bonds. The summed E-state index contributed by atoms with van der Waals surface area (Å²) in [5.41, 5.74) is 2.40. The van der Waals surface area contributed by atoms with Crippen LogP contribution in [0.1, 0.15) is 41.0 Å². The highest BCUT2D eigenvalue weighted by molar-refractivity contribution is 9.10. The minimum absolute atomic E-state index is 0.0948. The highest BCUT2D eigenvalue weighted by Crippen LogP contribution is 2.31. The number of halogens is 3. The van der Waals surface area contributed by atoms with E-state index in [9.17, 15) is 13.6 Å². The molecule has 0 unspecified atom stereocenters. The van der Waals surface area contributed by atoms with Gasteiger partial charge in [-0.3, -0.25) is 4.79 Å². The Bertz CT molecular complexity index is 968. The van der Waals surface area contributed by atoms with Crippen LogP contribution >= 0.6 is 15.9 Å². The first-order chi connectivity index (χ1) is 12.5. The Hall–Kier alpha value is -2.28. The van der Waals surface area contributed by atoms with Gasteiger partial charge in [-0.2, -0.15) is 0 Å². The lowest BCUT2D eigenvalue weighted by Crippen LogP contribution is -2.32. The first-order valence-electron chi connectivity index (χ1n) is 8.34. The molecule has 0 bridgehead atoms. The van der Waals surface area contributed by atoms with Gasteiger partial charge < -0.3 is 9.88 Å². The lowest BCUT2D eigenvalue weighted by Gasteiger charge is -2.23. The molecule has 3 aromatic rings. The Labute approximate surface area is 157 Å². The van der Waals surface area contributed by atoms with Crippen LogP contribution in [0.5, 0.6) is 0 Å². The third kappa shape index (κ3) is 3.49. The molecular weight excluding hydrogens is 404 g/mol. The molecule has 0 atom stereocenters. The number of rotatable bonds is 5. The van der Waals surface area contributed by atoms with Gasteiger partial charge in [0.15, 0.2) is 5.82 Å². The second kappa shape index (κ2) is 6.79. The summed E-state index contributed by atoms with van der Waals surface area (Å²) in [5, 5.41) is 0. The summed E-state index contributed by atoms with van der Waals surface area (Å²) >= 11 is 3.45. The molecule has 0 radical (unpaired) electrons. The number of fused-ring (bicyclic) bond motifs is 1. The van der Waals surface area contributed by atoms with Crippen LogP contribution in [0.25, 0.3) is 11.0 Å². The van der Waals surface area contributed by atoms with Crippen molar-refractivity contribution in [2.24, 2.45) is 0 Å². The number of hydrogen-bond acceptors (Lipinski definition) is 2. The van der Waals surface area contributed by atoms with Crippen LogP contribution in [-0.2, 0) is 6.54 Å². The zero-order valence-electron chi connectivity index (χ0n) is 13.8. The fourth-order valence-corrected chi connectivity index (χ4v) is 3.46. The van der Waals surface area contributed by atoms with Crippen molar-refractivity contribution in [2.45, 2.75) is 31.9 Å². The van der Waals surface area contributed by atoms with E-state index >= 15 is 0 Å². The molecule has 0 aliphatic heterocycles. The molecule has 0 saturated heterocycles. The second-order valence-corrected chi connectivity index (χ2v) is 7.36. The molecule has 1 aromatic heterocycles. The Morgan fingerprint density at radius 2 is 2.08 bits per heavy atom. The fourth-order valence-electron chi connectivity index (χ4n) is 3.02. The van der Waals surface area contributed by atoms with E-state index in [4.69, 9.17) is 0 Å². The number of imidazole rings is 1. The molecule has 0 spiro atoms. The quantitative estimate of drug-likeness (QED) is 0.627. The summed E-state index contributed by atoms with van der Waals surface area (Å²) in [5.74, 6) is -0.472. The van der Waals surface area contributed by atoms with Crippen molar-refractivity contribution in [3.05, 3.63) is 63.9 Å². The van der Waals surface area contributed by atoms with Crippen molar-refractivity contribution in [1.82, 2.24) is 14.9 Å². The Morgan fingerprint density at radius 1 is 1.27 bits per heavy atom. The molecule has 4 rings (SSSR count). The number of nitrogens with zero attached hydrogens (tertiary/aromatic N) is 2. The molecule has 1 N–H and O–H groups in total. The van der Waals surface area contributed by atoms with Gasteiger partial charge in [-0.1, -0.05) is 28.1 Å². The van der Waals surface area contributed by atoms with E-state index in [2.05, 4.69) is 25.9 Å². The second-order valence-electron chi connectivity index (χ2n) is 6.45. The molecule has 2 aromatic carbocycles. The minimum Gasteiger partial charge on any atom is -0.337 e. The first kappa shape index (κ1) is 17.1. The number of alkyl halides is 2. The molecule has 1 heterocycles. The topological polar surface area (TPSA) is 49.0 Å². The number of carbonyl (C=O) groups is 1. The maximum absolute atomic E-state index is 13.0. The fraction of sp³-hybridized carbons (Fsp3) is 0.263. The van der Waals surface area contributed by atoms with Crippen LogP contribution in [0.2, 0.25) is 0 Å². The maximum atomic E-state index is 13.0. The molecule has 1 aliphatic rings. The van der Waals surface area contributed by atoms with Gasteiger partial charge >= 0.3 is 0 Å². The van der Waals surface area contributed by atoms with Crippen LogP contribution in [0.15, 0.2) is 46.9 Å². The Kier molecular flexibility index (Phi) is 4.48. The van der Waals surface area contributed by atoms with Gasteiger partial charge in [0.1, 0.15) is 0 Å². The number of amides is 1. The van der Waals surface area contributed by atoms with Crippen molar-refractivity contribution in [1.29, 1.82) is 0 Å². The smallest absolute Gasteiger partial charge is 0.295 e. The van der Waals surface area contributed by atoms with E-state index in [1.165, 1.54) is 0 Å². The van der Waals surface area contributed by atoms with E-state index < -0.39 is 6.43 Å². The number of aromatic amines is 1. The molecule has 26 heavy (non-hydrogen) atoms. The van der Waals surface area contributed by atoms with Crippen LogP contribution < -0.4 is 0 Å². The van der Waals surface area contributed by atoms with Gasteiger partial charge in [0.2, 0.25) is 0 Å². The van der Waals surface area contributed by atoms with Gasteiger partial charge in [0, 0.05) is 22.6 Å². The lowest BCUT2D eigenvalue weighted by atomic mass is 10.1. The normalized spacial score (nSPS) is 14.2. The summed E-state index contributed by atoms with van der Waals surface area (Å²) in [6, 6.07) is 13.0. The number of H-pyrrole nitrogens is 1. The molecule has 1 saturated carbocycles. The number of aromatic nitrogens is 2. The summed E-state index contributed by atoms with van der Waals surface area (Å²) < 4.78 is 26.6. The third-order valence-corrected chi connectivity index (χ3v) is 4.94. The molecule has 1 fully saturated rings. The predicted molar refractivity (Wildman–Crippen MR) is 98.1 cm³/mol. The van der Waals surface area contributed by atoms with Gasteiger partial charge in [-0.25, -0.2) is 13.8 Å². The van der Waals surface area contributed by atoms with Crippen molar-refractivity contribution < 1.29 is 13.6 Å². The van der Waals surface area contributed by atoms with Gasteiger partial charge in [0.05, 0.1) is 11.0 Å². The highest BCUT2D eigenvalue weighted by atomic mass is 79.9. The van der Waals surface area contributed by atoms with Gasteiger partial charge in [0.25, 0.3) is 12.3 Å². The van der Waals surface area contributed by atoms with Crippen LogP contribution in [0.4, 0.5) is 8.78 Å². The van der Waals surface area contributed by atoms with Crippen molar-refractivity contribution in [3.8, 4) is 0 Å². The lowest BCUT2D eigenvalue weighted by molar-refractivity contribution is 0.0730. The van der Waals surface area contributed by atoms with E-state index in [0.29, 0.717) is 23.1 Å². The third-order valence-electron chi connectivity index (χ3n) is 4.44. The average molecular weight is 420 g/mol. The minimum atomic E-state index is -2.67. The Balaban J connectivity index is 1.62. The average Bonchev–Trinajstić information content (AvgIpc) is 3.36. The largest absolute Gasteiger partial charge is 0.337 e. The number of benzene rings is 2. The first-order valence-corrected chi connectivity index (χ1v) is 9.14. The van der Waals surface area contributed by atoms with Gasteiger partial charge in [-0.15, -0.1) is 0 Å².